The number of ether oxygens (including phenoxy) is 2. The number of aliphatic carboxylic acids is 1. The number of carbonyl (C=O) groups is 2. The first-order valence-electron chi connectivity index (χ1n) is 15.2. The number of aromatic nitrogens is 3. The van der Waals surface area contributed by atoms with Crippen molar-refractivity contribution in [3.05, 3.63) is 60.8 Å². The van der Waals surface area contributed by atoms with Crippen LogP contribution in [0.5, 0.6) is 0 Å². The Morgan fingerprint density at radius 1 is 1.11 bits per heavy atom. The number of nitrogens with zero attached hydrogens (tertiary/aromatic N) is 3. The Balaban J connectivity index is 1.39. The van der Waals surface area contributed by atoms with Crippen LogP contribution >= 0.6 is 0 Å². The predicted octanol–water partition coefficient (Wildman–Crippen LogP) is 0.505. The zero-order valence-electron chi connectivity index (χ0n) is 26.1. The maximum Gasteiger partial charge on any atom is 0.364 e. The van der Waals surface area contributed by atoms with Crippen LogP contribution in [0.4, 0.5) is 0 Å². The van der Waals surface area contributed by atoms with E-state index in [2.05, 4.69) is 20.4 Å². The first-order valence-corrected chi connectivity index (χ1v) is 16.9. The third-order valence-corrected chi connectivity index (χ3v) is 9.23. The highest BCUT2D eigenvalue weighted by Gasteiger charge is 2.55. The average Bonchev–Trinajstić information content (AvgIpc) is 3.52. The summed E-state index contributed by atoms with van der Waals surface area (Å²) in [5.74, 6) is -4.88. The van der Waals surface area contributed by atoms with Crippen molar-refractivity contribution in [2.75, 3.05) is 18.9 Å². The van der Waals surface area contributed by atoms with Crippen molar-refractivity contribution in [3.8, 4) is 22.4 Å². The number of sulfonamides is 1. The van der Waals surface area contributed by atoms with Crippen molar-refractivity contribution in [1.29, 1.82) is 0 Å². The summed E-state index contributed by atoms with van der Waals surface area (Å²) in [7, 11) is -3.75. The molecule has 1 aliphatic rings. The molecule has 47 heavy (non-hydrogen) atoms. The lowest BCUT2D eigenvalue weighted by atomic mass is 9.88. The van der Waals surface area contributed by atoms with E-state index in [4.69, 9.17) is 9.47 Å². The molecular weight excluding hydrogens is 634 g/mol. The zero-order chi connectivity index (χ0) is 34.2. The van der Waals surface area contributed by atoms with Gasteiger partial charge in [0.2, 0.25) is 15.9 Å². The second kappa shape index (κ2) is 15.9. The van der Waals surface area contributed by atoms with Gasteiger partial charge in [-0.1, -0.05) is 66.7 Å². The Bertz CT molecular complexity index is 1590. The molecule has 0 saturated carbocycles. The maximum atomic E-state index is 12.4. The number of rotatable bonds is 16. The van der Waals surface area contributed by atoms with Gasteiger partial charge in [-0.3, -0.25) is 9.48 Å². The number of carbonyl (C=O) groups excluding carboxylic acids is 1. The molecule has 1 amide bonds. The Morgan fingerprint density at radius 2 is 1.77 bits per heavy atom. The second-order valence-electron chi connectivity index (χ2n) is 11.4. The first-order chi connectivity index (χ1) is 22.3. The number of benzene rings is 2. The quantitative estimate of drug-likeness (QED) is 0.114. The fourth-order valence-electron chi connectivity index (χ4n) is 5.31. The van der Waals surface area contributed by atoms with Gasteiger partial charge in [0.1, 0.15) is 17.9 Å². The van der Waals surface area contributed by atoms with Crippen LogP contribution in [-0.4, -0.2) is 111 Å². The van der Waals surface area contributed by atoms with E-state index in [-0.39, 0.29) is 18.8 Å². The van der Waals surface area contributed by atoms with Crippen LogP contribution in [0, 0.1) is 0 Å². The number of hydrogen-bond acceptors (Lipinski definition) is 11. The molecule has 16 heteroatoms. The number of carboxylic acid groups (broad SMARTS) is 1. The fourth-order valence-corrected chi connectivity index (χ4v) is 6.42. The van der Waals surface area contributed by atoms with Crippen LogP contribution in [-0.2, 0) is 35.6 Å². The molecule has 2 aromatic carbocycles. The largest absolute Gasteiger partial charge is 0.477 e. The van der Waals surface area contributed by atoms with Gasteiger partial charge >= 0.3 is 5.97 Å². The summed E-state index contributed by atoms with van der Waals surface area (Å²) in [5.41, 5.74) is 3.65. The Labute approximate surface area is 272 Å². The van der Waals surface area contributed by atoms with Crippen molar-refractivity contribution in [1.82, 2.24) is 25.0 Å². The van der Waals surface area contributed by atoms with Gasteiger partial charge in [-0.2, -0.15) is 0 Å². The van der Waals surface area contributed by atoms with Crippen molar-refractivity contribution in [2.45, 2.75) is 75.9 Å². The summed E-state index contributed by atoms with van der Waals surface area (Å²) in [6.07, 6.45) is -5.26. The molecule has 3 aromatic rings. The molecule has 0 aliphatic carbocycles. The summed E-state index contributed by atoms with van der Waals surface area (Å²) in [4.78, 5) is 24.3. The number of aliphatic hydroxyl groups is 3. The van der Waals surface area contributed by atoms with E-state index < -0.39 is 71.1 Å². The second-order valence-corrected chi connectivity index (χ2v) is 13.3. The molecule has 256 valence electrons. The number of aryl methyl sites for hydroxylation is 1. The van der Waals surface area contributed by atoms with E-state index in [1.807, 2.05) is 54.6 Å². The van der Waals surface area contributed by atoms with Crippen LogP contribution in [0.15, 0.2) is 60.8 Å². The van der Waals surface area contributed by atoms with Crippen LogP contribution in [0.2, 0.25) is 0 Å². The number of amides is 1. The van der Waals surface area contributed by atoms with Gasteiger partial charge in [-0.15, -0.1) is 5.10 Å². The molecule has 1 aliphatic heterocycles. The normalized spacial score (nSPS) is 22.8. The highest BCUT2D eigenvalue weighted by molar-refractivity contribution is 7.89. The summed E-state index contributed by atoms with van der Waals surface area (Å²) >= 11 is 0. The smallest absolute Gasteiger partial charge is 0.364 e. The van der Waals surface area contributed by atoms with Gasteiger partial charge in [-0.05, 0) is 24.0 Å². The number of carboxylic acids is 1. The topological polar surface area (TPSA) is 222 Å². The molecule has 6 atom stereocenters. The van der Waals surface area contributed by atoms with E-state index in [1.54, 1.807) is 17.8 Å². The molecule has 1 fully saturated rings. The minimum absolute atomic E-state index is 0.174. The standard InChI is InChI=1S/C31H41N5O10S/c1-3-16-47(43,44)32-18-26(39)28(40)29-27(33-20(2)37)25(38)17-31(46-29,30(41)42)45-15-7-14-36-19-24(34-35-36)23-12-10-22(11-13-23)21-8-5-4-6-9-21/h4-6,8-13,19,25-29,32,38-40H,3,7,14-18H2,1-2H3,(H,33,37)(H,41,42)/t25-,26+,27+,28+,29+,31+/m0/s1. The number of aliphatic hydroxyl groups excluding tert-OH is 3. The van der Waals surface area contributed by atoms with Crippen LogP contribution < -0.4 is 10.0 Å². The van der Waals surface area contributed by atoms with Gasteiger partial charge in [0.25, 0.3) is 5.79 Å². The molecule has 0 unspecified atom stereocenters. The molecule has 0 spiro atoms. The third-order valence-electron chi connectivity index (χ3n) is 7.68. The van der Waals surface area contributed by atoms with Gasteiger partial charge in [0, 0.05) is 32.0 Å². The average molecular weight is 676 g/mol. The summed E-state index contributed by atoms with van der Waals surface area (Å²) < 4.78 is 39.2. The minimum Gasteiger partial charge on any atom is -0.477 e. The first kappa shape index (κ1) is 36.1. The lowest BCUT2D eigenvalue weighted by molar-refractivity contribution is -0.310. The van der Waals surface area contributed by atoms with Crippen molar-refractivity contribution in [3.63, 3.8) is 0 Å². The van der Waals surface area contributed by atoms with E-state index in [9.17, 15) is 38.4 Å². The monoisotopic (exact) mass is 675 g/mol. The minimum atomic E-state index is -3.75. The maximum absolute atomic E-state index is 12.4. The van der Waals surface area contributed by atoms with Crippen LogP contribution in [0.3, 0.4) is 0 Å². The van der Waals surface area contributed by atoms with Crippen molar-refractivity contribution < 1.29 is 47.9 Å². The van der Waals surface area contributed by atoms with Crippen LogP contribution in [0.1, 0.15) is 33.1 Å². The third kappa shape index (κ3) is 9.41. The highest BCUT2D eigenvalue weighted by Crippen LogP contribution is 2.34. The summed E-state index contributed by atoms with van der Waals surface area (Å²) in [5, 5.41) is 53.3. The van der Waals surface area contributed by atoms with E-state index >= 15 is 0 Å². The van der Waals surface area contributed by atoms with Crippen molar-refractivity contribution >= 4 is 21.9 Å². The SMILES string of the molecule is CCCS(=O)(=O)NC[C@@H](O)[C@@H](O)[C@@H]1O[C@@](OCCCn2cc(-c3ccc(-c4ccccc4)cc3)nn2)(C(=O)O)C[C@H](O)[C@H]1NC(C)=O. The van der Waals surface area contributed by atoms with E-state index in [0.29, 0.717) is 18.7 Å². The highest BCUT2D eigenvalue weighted by atomic mass is 32.2. The number of nitrogens with one attached hydrogen (secondary N) is 2. The van der Waals surface area contributed by atoms with E-state index in [1.165, 1.54) is 0 Å². The van der Waals surface area contributed by atoms with Gasteiger partial charge < -0.3 is 35.2 Å². The molecule has 4 rings (SSSR count). The Hall–Kier alpha value is -3.77. The summed E-state index contributed by atoms with van der Waals surface area (Å²) in [6, 6.07) is 16.5. The molecule has 0 radical (unpaired) electrons. The van der Waals surface area contributed by atoms with Gasteiger partial charge in [0.05, 0.1) is 36.8 Å². The lowest BCUT2D eigenvalue weighted by Crippen LogP contribution is -2.68. The fraction of sp³-hybridized carbons (Fsp3) is 0.484. The predicted molar refractivity (Wildman–Crippen MR) is 169 cm³/mol. The lowest BCUT2D eigenvalue weighted by Gasteiger charge is -2.46. The zero-order valence-corrected chi connectivity index (χ0v) is 26.9. The molecule has 1 aromatic heterocycles. The molecule has 2 heterocycles. The molecule has 15 nitrogen and oxygen atoms in total. The van der Waals surface area contributed by atoms with E-state index in [0.717, 1.165) is 23.6 Å². The Kier molecular flexibility index (Phi) is 12.2. The van der Waals surface area contributed by atoms with Crippen LogP contribution in [0.25, 0.3) is 22.4 Å². The van der Waals surface area contributed by atoms with Crippen molar-refractivity contribution in [2.24, 2.45) is 0 Å². The molecule has 0 bridgehead atoms. The van der Waals surface area contributed by atoms with Gasteiger partial charge in [0.15, 0.2) is 0 Å². The molecule has 1 saturated heterocycles. The molecular formula is C31H41N5O10S. The summed E-state index contributed by atoms with van der Waals surface area (Å²) in [6.45, 7) is 2.30. The number of hydrogen-bond donors (Lipinski definition) is 6. The Morgan fingerprint density at radius 3 is 2.40 bits per heavy atom. The molecule has 6 N–H and O–H groups in total. The van der Waals surface area contributed by atoms with Gasteiger partial charge in [-0.25, -0.2) is 17.9 Å².